The molecule has 0 fully saturated rings. The topological polar surface area (TPSA) is 46.5 Å². The first-order valence-electron chi connectivity index (χ1n) is 4.61. The Morgan fingerprint density at radius 2 is 1.87 bits per heavy atom. The molecule has 0 aliphatic heterocycles. The highest BCUT2D eigenvalue weighted by atomic mass is 16.5. The zero-order chi connectivity index (χ0) is 11.9. The van der Waals surface area contributed by atoms with Gasteiger partial charge >= 0.3 is 5.97 Å². The monoisotopic (exact) mass is 210 g/mol. The molecular formula is C12H18O3. The number of hydrogen-bond acceptors (Lipinski definition) is 3. The molecule has 0 radical (unpaired) electrons. The minimum absolute atomic E-state index is 0.197. The van der Waals surface area contributed by atoms with Crippen molar-refractivity contribution in [3.8, 4) is 0 Å². The lowest BCUT2D eigenvalue weighted by atomic mass is 10.4. The van der Waals surface area contributed by atoms with Gasteiger partial charge in [-0.1, -0.05) is 13.2 Å². The third kappa shape index (κ3) is 24.5. The van der Waals surface area contributed by atoms with E-state index in [1.807, 2.05) is 0 Å². The van der Waals surface area contributed by atoms with Crippen LogP contribution in [0.2, 0.25) is 0 Å². The number of aliphatic hydroxyl groups is 1. The number of rotatable bonds is 5. The van der Waals surface area contributed by atoms with E-state index in [1.165, 1.54) is 6.92 Å². The fraction of sp³-hybridized carbons (Fsp3) is 0.417. The Bertz CT molecular complexity index is 242. The third-order valence-electron chi connectivity index (χ3n) is 1.13. The summed E-state index contributed by atoms with van der Waals surface area (Å²) in [6.07, 6.45) is 4.79. The maximum Gasteiger partial charge on any atom is 0.302 e. The lowest BCUT2D eigenvalue weighted by Crippen LogP contribution is -1.98. The fourth-order valence-corrected chi connectivity index (χ4v) is 0.530. The first kappa shape index (κ1) is 15.9. The Kier molecular flexibility index (Phi) is 15.9. The molecule has 3 nitrogen and oxygen atoms in total. The second-order valence-corrected chi connectivity index (χ2v) is 2.46. The number of carbonyl (C=O) groups excluding carboxylic acids is 1. The quantitative estimate of drug-likeness (QED) is 0.429. The van der Waals surface area contributed by atoms with Crippen molar-refractivity contribution in [2.75, 3.05) is 13.2 Å². The van der Waals surface area contributed by atoms with Crippen LogP contribution in [0.1, 0.15) is 19.8 Å². The van der Waals surface area contributed by atoms with E-state index in [9.17, 15) is 4.79 Å². The van der Waals surface area contributed by atoms with Gasteiger partial charge in [-0.25, -0.2) is 0 Å². The summed E-state index contributed by atoms with van der Waals surface area (Å²) >= 11 is 0. The summed E-state index contributed by atoms with van der Waals surface area (Å²) in [6, 6.07) is 0. The van der Waals surface area contributed by atoms with Crippen molar-refractivity contribution < 1.29 is 14.6 Å². The lowest BCUT2D eigenvalue weighted by Gasteiger charge is -1.94. The molecule has 0 aromatic carbocycles. The van der Waals surface area contributed by atoms with Crippen molar-refractivity contribution in [2.45, 2.75) is 19.8 Å². The molecule has 1 N–H and O–H groups in total. The normalized spacial score (nSPS) is 7.33. The van der Waals surface area contributed by atoms with Crippen molar-refractivity contribution in [2.24, 2.45) is 0 Å². The summed E-state index contributed by atoms with van der Waals surface area (Å²) in [6.45, 7) is 8.67. The Morgan fingerprint density at radius 1 is 1.33 bits per heavy atom. The standard InChI is InChI=1S/C7H10O2.C5H8O/c1-3-4-5-6-9-7(2)8;1-2-3-4-5-6/h4H,1,5-6H2,2H3;3,6H,1,4-5H2. The average molecular weight is 210 g/mol. The average Bonchev–Trinajstić information content (AvgIpc) is 2.22. The molecule has 0 bridgehead atoms. The van der Waals surface area contributed by atoms with Gasteiger partial charge < -0.3 is 9.84 Å². The van der Waals surface area contributed by atoms with Gasteiger partial charge in [-0.15, -0.1) is 11.5 Å². The minimum Gasteiger partial charge on any atom is -0.466 e. The van der Waals surface area contributed by atoms with E-state index in [2.05, 4.69) is 29.4 Å². The van der Waals surface area contributed by atoms with Crippen molar-refractivity contribution in [1.29, 1.82) is 0 Å². The van der Waals surface area contributed by atoms with Gasteiger partial charge in [0.2, 0.25) is 0 Å². The van der Waals surface area contributed by atoms with Crippen molar-refractivity contribution in [3.05, 3.63) is 36.8 Å². The molecule has 84 valence electrons. The van der Waals surface area contributed by atoms with Crippen LogP contribution < -0.4 is 0 Å². The summed E-state index contributed by atoms with van der Waals surface area (Å²) in [7, 11) is 0. The number of ether oxygens (including phenoxy) is 1. The largest absolute Gasteiger partial charge is 0.466 e. The maximum atomic E-state index is 10.1. The van der Waals surface area contributed by atoms with Crippen LogP contribution in [0.25, 0.3) is 0 Å². The van der Waals surface area contributed by atoms with E-state index in [4.69, 9.17) is 5.11 Å². The van der Waals surface area contributed by atoms with E-state index < -0.39 is 0 Å². The van der Waals surface area contributed by atoms with Crippen LogP contribution in [0.5, 0.6) is 0 Å². The van der Waals surface area contributed by atoms with E-state index in [-0.39, 0.29) is 12.6 Å². The highest BCUT2D eigenvalue weighted by molar-refractivity contribution is 5.65. The second kappa shape index (κ2) is 15.0. The molecule has 0 aromatic rings. The predicted molar refractivity (Wildman–Crippen MR) is 60.4 cm³/mol. The SMILES string of the molecule is C=C=CCCO.C=C=CCCOC(C)=O. The maximum absolute atomic E-state index is 10.1. The smallest absolute Gasteiger partial charge is 0.302 e. The highest BCUT2D eigenvalue weighted by Crippen LogP contribution is 1.82. The van der Waals surface area contributed by atoms with Crippen LogP contribution in [0, 0.1) is 0 Å². The third-order valence-corrected chi connectivity index (χ3v) is 1.13. The zero-order valence-electron chi connectivity index (χ0n) is 9.16. The Morgan fingerprint density at radius 3 is 2.20 bits per heavy atom. The van der Waals surface area contributed by atoms with Gasteiger partial charge in [-0.05, 0) is 18.6 Å². The van der Waals surface area contributed by atoms with Crippen LogP contribution in [0.15, 0.2) is 36.8 Å². The molecule has 3 heteroatoms. The number of aliphatic hydroxyl groups excluding tert-OH is 1. The van der Waals surface area contributed by atoms with E-state index in [0.717, 1.165) is 0 Å². The van der Waals surface area contributed by atoms with Crippen LogP contribution >= 0.6 is 0 Å². The van der Waals surface area contributed by atoms with Crippen molar-refractivity contribution >= 4 is 5.97 Å². The van der Waals surface area contributed by atoms with Crippen LogP contribution in [0.4, 0.5) is 0 Å². The molecule has 0 unspecified atom stereocenters. The number of carbonyl (C=O) groups is 1. The van der Waals surface area contributed by atoms with E-state index in [1.54, 1.807) is 12.2 Å². The molecule has 0 saturated carbocycles. The van der Waals surface area contributed by atoms with E-state index >= 15 is 0 Å². The molecule has 0 atom stereocenters. The molecule has 0 saturated heterocycles. The Balaban J connectivity index is 0. The van der Waals surface area contributed by atoms with Gasteiger partial charge in [0.25, 0.3) is 0 Å². The van der Waals surface area contributed by atoms with Gasteiger partial charge in [-0.2, -0.15) is 0 Å². The van der Waals surface area contributed by atoms with Crippen molar-refractivity contribution in [3.63, 3.8) is 0 Å². The molecule has 0 aromatic heterocycles. The first-order chi connectivity index (χ1) is 7.18. The van der Waals surface area contributed by atoms with Crippen LogP contribution in [0.3, 0.4) is 0 Å². The molecule has 15 heavy (non-hydrogen) atoms. The first-order valence-corrected chi connectivity index (χ1v) is 4.61. The molecule has 0 rings (SSSR count). The number of hydrogen-bond donors (Lipinski definition) is 1. The van der Waals surface area contributed by atoms with Crippen molar-refractivity contribution in [1.82, 2.24) is 0 Å². The molecule has 0 amide bonds. The summed E-state index contributed by atoms with van der Waals surface area (Å²) in [5.74, 6) is -0.243. The second-order valence-electron chi connectivity index (χ2n) is 2.46. The zero-order valence-corrected chi connectivity index (χ0v) is 9.16. The summed E-state index contributed by atoms with van der Waals surface area (Å²) in [5.41, 5.74) is 5.11. The Hall–Kier alpha value is -1.53. The summed E-state index contributed by atoms with van der Waals surface area (Å²) in [5, 5.41) is 8.10. The van der Waals surface area contributed by atoms with Gasteiger partial charge in [-0.3, -0.25) is 4.79 Å². The summed E-state index contributed by atoms with van der Waals surface area (Å²) < 4.78 is 4.61. The van der Waals surface area contributed by atoms with Gasteiger partial charge in [0.05, 0.1) is 6.61 Å². The molecule has 0 aliphatic carbocycles. The van der Waals surface area contributed by atoms with Gasteiger partial charge in [0.15, 0.2) is 0 Å². The molecule has 0 heterocycles. The highest BCUT2D eigenvalue weighted by Gasteiger charge is 1.87. The van der Waals surface area contributed by atoms with Crippen LogP contribution in [-0.4, -0.2) is 24.3 Å². The van der Waals surface area contributed by atoms with E-state index in [0.29, 0.717) is 19.4 Å². The Labute approximate surface area is 91.1 Å². The summed E-state index contributed by atoms with van der Waals surface area (Å²) in [4.78, 5) is 10.1. The molecular weight excluding hydrogens is 192 g/mol. The lowest BCUT2D eigenvalue weighted by molar-refractivity contribution is -0.140. The van der Waals surface area contributed by atoms with Gasteiger partial charge in [0, 0.05) is 20.0 Å². The van der Waals surface area contributed by atoms with Crippen LogP contribution in [-0.2, 0) is 9.53 Å². The van der Waals surface area contributed by atoms with Gasteiger partial charge in [0.1, 0.15) is 0 Å². The minimum atomic E-state index is -0.243. The fourth-order valence-electron chi connectivity index (χ4n) is 0.530. The molecule has 0 spiro atoms. The predicted octanol–water partition coefficient (Wildman–Crippen LogP) is 1.99. The molecule has 0 aliphatic rings. The number of esters is 1.